The van der Waals surface area contributed by atoms with Crippen molar-refractivity contribution in [3.05, 3.63) is 64.4 Å². The van der Waals surface area contributed by atoms with Crippen LogP contribution in [0.25, 0.3) is 11.1 Å². The van der Waals surface area contributed by atoms with Gasteiger partial charge in [0.05, 0.1) is 5.52 Å². The lowest BCUT2D eigenvalue weighted by Gasteiger charge is -2.31. The van der Waals surface area contributed by atoms with E-state index in [-0.39, 0.29) is 17.6 Å². The number of benzene rings is 1. The number of oxazole rings is 1. The van der Waals surface area contributed by atoms with Gasteiger partial charge in [-0.25, -0.2) is 4.79 Å². The molecule has 0 bridgehead atoms. The van der Waals surface area contributed by atoms with Crippen LogP contribution in [0, 0.1) is 5.92 Å². The highest BCUT2D eigenvalue weighted by molar-refractivity contribution is 6.00. The average Bonchev–Trinajstić information content (AvgIpc) is 3.07. The van der Waals surface area contributed by atoms with Gasteiger partial charge in [0.2, 0.25) is 0 Å². The fourth-order valence-electron chi connectivity index (χ4n) is 3.36. The molecule has 1 saturated heterocycles. The van der Waals surface area contributed by atoms with E-state index in [0.29, 0.717) is 48.2 Å². The molecule has 0 spiro atoms. The minimum Gasteiger partial charge on any atom is -0.408 e. The van der Waals surface area contributed by atoms with Crippen molar-refractivity contribution in [1.29, 1.82) is 0 Å². The van der Waals surface area contributed by atoms with Gasteiger partial charge < -0.3 is 9.32 Å². The van der Waals surface area contributed by atoms with E-state index in [9.17, 15) is 14.4 Å². The van der Waals surface area contributed by atoms with Gasteiger partial charge in [0.25, 0.3) is 5.91 Å². The van der Waals surface area contributed by atoms with Gasteiger partial charge in [-0.3, -0.25) is 19.6 Å². The molecule has 4 rings (SSSR count). The van der Waals surface area contributed by atoms with E-state index in [1.165, 1.54) is 0 Å². The molecule has 2 aromatic heterocycles. The van der Waals surface area contributed by atoms with E-state index < -0.39 is 5.76 Å². The Morgan fingerprint density at radius 3 is 2.54 bits per heavy atom. The van der Waals surface area contributed by atoms with Crippen molar-refractivity contribution in [1.82, 2.24) is 14.9 Å². The Kier molecular flexibility index (Phi) is 4.12. The largest absolute Gasteiger partial charge is 0.417 e. The van der Waals surface area contributed by atoms with E-state index in [2.05, 4.69) is 9.97 Å². The number of Topliss-reactive ketones (excluding diaryl/α,β-unsaturated/α-hetero) is 1. The number of rotatable bonds is 3. The highest BCUT2D eigenvalue weighted by Crippen LogP contribution is 2.24. The molecule has 7 nitrogen and oxygen atoms in total. The van der Waals surface area contributed by atoms with Crippen molar-refractivity contribution in [2.24, 2.45) is 5.92 Å². The van der Waals surface area contributed by atoms with Gasteiger partial charge in [0.1, 0.15) is 0 Å². The second-order valence-corrected chi connectivity index (χ2v) is 6.39. The summed E-state index contributed by atoms with van der Waals surface area (Å²) in [6.45, 7) is 1.08. The number of piperidine rings is 1. The summed E-state index contributed by atoms with van der Waals surface area (Å²) in [5.74, 6) is -0.687. The summed E-state index contributed by atoms with van der Waals surface area (Å²) in [4.78, 5) is 44.7. The van der Waals surface area contributed by atoms with Crippen LogP contribution in [0.5, 0.6) is 0 Å². The smallest absolute Gasteiger partial charge is 0.408 e. The molecule has 1 N–H and O–H groups in total. The van der Waals surface area contributed by atoms with Gasteiger partial charge in [0, 0.05) is 42.5 Å². The number of aromatic amines is 1. The van der Waals surface area contributed by atoms with Crippen molar-refractivity contribution in [3.8, 4) is 0 Å². The number of hydrogen-bond acceptors (Lipinski definition) is 5. The average molecular weight is 351 g/mol. The van der Waals surface area contributed by atoms with Crippen molar-refractivity contribution >= 4 is 22.8 Å². The molecule has 0 radical (unpaired) electrons. The summed E-state index contributed by atoms with van der Waals surface area (Å²) in [7, 11) is 0. The minimum absolute atomic E-state index is 0.0201. The normalized spacial score (nSPS) is 15.3. The van der Waals surface area contributed by atoms with E-state index >= 15 is 0 Å². The molecule has 0 aliphatic carbocycles. The fraction of sp³-hybridized carbons (Fsp3) is 0.263. The summed E-state index contributed by atoms with van der Waals surface area (Å²) in [5.41, 5.74) is 2.09. The summed E-state index contributed by atoms with van der Waals surface area (Å²) in [6, 6.07) is 8.36. The number of amides is 1. The molecule has 0 saturated carbocycles. The first kappa shape index (κ1) is 16.3. The van der Waals surface area contributed by atoms with Crippen LogP contribution >= 0.6 is 0 Å². The molecule has 3 heterocycles. The molecule has 0 atom stereocenters. The lowest BCUT2D eigenvalue weighted by molar-refractivity contribution is 0.0650. The van der Waals surface area contributed by atoms with E-state index in [0.717, 1.165) is 0 Å². The quantitative estimate of drug-likeness (QED) is 0.730. The van der Waals surface area contributed by atoms with Crippen molar-refractivity contribution < 1.29 is 14.0 Å². The van der Waals surface area contributed by atoms with Gasteiger partial charge in [-0.15, -0.1) is 0 Å². The zero-order chi connectivity index (χ0) is 18.1. The number of ketones is 1. The monoisotopic (exact) mass is 351 g/mol. The standard InChI is InChI=1S/C19H17N3O4/c23-17(14-1-2-15-16(11-14)26-19(25)21-15)12-5-9-22(10-6-12)18(24)13-3-7-20-8-4-13/h1-4,7-8,11-12H,5-6,9-10H2,(H,21,25). The molecule has 1 fully saturated rings. The number of likely N-dealkylation sites (tertiary alicyclic amines) is 1. The Hall–Kier alpha value is -3.22. The first-order valence-electron chi connectivity index (χ1n) is 8.48. The van der Waals surface area contributed by atoms with Crippen LogP contribution in [0.1, 0.15) is 33.6 Å². The van der Waals surface area contributed by atoms with Crippen LogP contribution in [-0.2, 0) is 0 Å². The highest BCUT2D eigenvalue weighted by atomic mass is 16.4. The van der Waals surface area contributed by atoms with Crippen LogP contribution in [0.4, 0.5) is 0 Å². The van der Waals surface area contributed by atoms with Crippen molar-refractivity contribution in [2.45, 2.75) is 12.8 Å². The third kappa shape index (κ3) is 3.03. The van der Waals surface area contributed by atoms with Gasteiger partial charge in [-0.2, -0.15) is 0 Å². The number of nitrogens with one attached hydrogen (secondary N) is 1. The summed E-state index contributed by atoms with van der Waals surface area (Å²) >= 11 is 0. The van der Waals surface area contributed by atoms with Crippen LogP contribution < -0.4 is 5.76 Å². The van der Waals surface area contributed by atoms with Gasteiger partial charge in [-0.05, 0) is 43.2 Å². The second-order valence-electron chi connectivity index (χ2n) is 6.39. The Morgan fingerprint density at radius 1 is 1.08 bits per heavy atom. The van der Waals surface area contributed by atoms with E-state index in [1.54, 1.807) is 47.6 Å². The number of fused-ring (bicyclic) bond motifs is 1. The van der Waals surface area contributed by atoms with Crippen LogP contribution in [0.15, 0.2) is 51.9 Å². The van der Waals surface area contributed by atoms with Crippen molar-refractivity contribution in [2.75, 3.05) is 13.1 Å². The summed E-state index contributed by atoms with van der Waals surface area (Å²) < 4.78 is 5.02. The number of carbonyl (C=O) groups is 2. The second kappa shape index (κ2) is 6.59. The zero-order valence-electron chi connectivity index (χ0n) is 14.0. The number of hydrogen-bond donors (Lipinski definition) is 1. The highest BCUT2D eigenvalue weighted by Gasteiger charge is 2.28. The van der Waals surface area contributed by atoms with Crippen LogP contribution in [0.3, 0.4) is 0 Å². The molecule has 26 heavy (non-hydrogen) atoms. The fourth-order valence-corrected chi connectivity index (χ4v) is 3.36. The Labute approximate surface area is 148 Å². The molecule has 0 unspecified atom stereocenters. The molecule has 132 valence electrons. The number of aromatic nitrogens is 2. The van der Waals surface area contributed by atoms with Gasteiger partial charge in [-0.1, -0.05) is 0 Å². The minimum atomic E-state index is -0.535. The van der Waals surface area contributed by atoms with Crippen LogP contribution in [-0.4, -0.2) is 39.6 Å². The van der Waals surface area contributed by atoms with E-state index in [4.69, 9.17) is 4.42 Å². The number of H-pyrrole nitrogens is 1. The molecule has 1 aliphatic heterocycles. The third-order valence-electron chi connectivity index (χ3n) is 4.79. The molecule has 1 amide bonds. The Balaban J connectivity index is 1.44. The number of nitrogens with zero attached hydrogens (tertiary/aromatic N) is 2. The predicted octanol–water partition coefficient (Wildman–Crippen LogP) is 2.25. The maximum absolute atomic E-state index is 12.8. The molecule has 7 heteroatoms. The molecule has 1 aliphatic rings. The molecular weight excluding hydrogens is 334 g/mol. The van der Waals surface area contributed by atoms with Gasteiger partial charge in [0.15, 0.2) is 11.4 Å². The molecule has 3 aromatic rings. The summed E-state index contributed by atoms with van der Waals surface area (Å²) in [6.07, 6.45) is 4.42. The summed E-state index contributed by atoms with van der Waals surface area (Å²) in [5, 5.41) is 0. The maximum atomic E-state index is 12.8. The van der Waals surface area contributed by atoms with E-state index in [1.807, 2.05) is 0 Å². The SMILES string of the molecule is O=C(c1ccc2[nH]c(=O)oc2c1)C1CCN(C(=O)c2ccncc2)CC1. The van der Waals surface area contributed by atoms with Crippen molar-refractivity contribution in [3.63, 3.8) is 0 Å². The topological polar surface area (TPSA) is 96.3 Å². The Morgan fingerprint density at radius 2 is 1.81 bits per heavy atom. The third-order valence-corrected chi connectivity index (χ3v) is 4.79. The zero-order valence-corrected chi connectivity index (χ0v) is 14.0. The van der Waals surface area contributed by atoms with Crippen LogP contribution in [0.2, 0.25) is 0 Å². The number of pyridine rings is 1. The predicted molar refractivity (Wildman–Crippen MR) is 94.0 cm³/mol. The number of carbonyl (C=O) groups excluding carboxylic acids is 2. The maximum Gasteiger partial charge on any atom is 0.417 e. The first-order chi connectivity index (χ1) is 12.6. The van der Waals surface area contributed by atoms with Gasteiger partial charge >= 0.3 is 5.76 Å². The lowest BCUT2D eigenvalue weighted by atomic mass is 9.88. The Bertz CT molecular complexity index is 1010. The molecular formula is C19H17N3O4. The molecule has 1 aromatic carbocycles. The first-order valence-corrected chi connectivity index (χ1v) is 8.48. The lowest BCUT2D eigenvalue weighted by Crippen LogP contribution is -2.40.